The molecule has 2 N–H and O–H groups in total. The van der Waals surface area contributed by atoms with Crippen LogP contribution in [0.4, 0.5) is 0 Å². The Bertz CT molecular complexity index is 2480. The van der Waals surface area contributed by atoms with Crippen LogP contribution in [-0.2, 0) is 0 Å². The second-order valence-corrected chi connectivity index (χ2v) is 12.6. The number of amidine groups is 1. The first-order chi connectivity index (χ1) is 23.8. The molecule has 10 rings (SSSR count). The highest BCUT2D eigenvalue weighted by Crippen LogP contribution is 2.45. The molecule has 7 aromatic rings. The first-order valence-corrected chi connectivity index (χ1v) is 16.4. The first-order valence-electron chi connectivity index (χ1n) is 16.4. The summed E-state index contributed by atoms with van der Waals surface area (Å²) in [5.74, 6) is 1.83. The van der Waals surface area contributed by atoms with Crippen LogP contribution in [0.2, 0.25) is 0 Å². The van der Waals surface area contributed by atoms with E-state index in [4.69, 9.17) is 19.1 Å². The van der Waals surface area contributed by atoms with Gasteiger partial charge in [-0.05, 0) is 46.2 Å². The van der Waals surface area contributed by atoms with Crippen molar-refractivity contribution in [3.05, 3.63) is 168 Å². The Hall–Kier alpha value is -5.98. The predicted molar refractivity (Wildman–Crippen MR) is 191 cm³/mol. The number of aliphatic imine (C=N–C) groups is 1. The number of para-hydroxylation sites is 1. The third kappa shape index (κ3) is 4.30. The molecular weight excluding hydrogens is 592 g/mol. The quantitative estimate of drug-likeness (QED) is 0.205. The zero-order valence-corrected chi connectivity index (χ0v) is 25.9. The van der Waals surface area contributed by atoms with Gasteiger partial charge in [0.25, 0.3) is 0 Å². The SMILES string of the molecule is C1=CC2Oc3cccc(C4NC(c5cnc(-c6ccc7ccccc7c6)c6oc7ccccc7c56)=NC(c5ccccc5)N4)c3C2C=C1. The maximum atomic E-state index is 6.63. The highest BCUT2D eigenvalue weighted by molar-refractivity contribution is 6.20. The van der Waals surface area contributed by atoms with Gasteiger partial charge in [0, 0.05) is 39.6 Å². The molecule has 6 heteroatoms. The number of benzene rings is 5. The number of aromatic nitrogens is 1. The van der Waals surface area contributed by atoms with Crippen LogP contribution in [0.25, 0.3) is 44.0 Å². The van der Waals surface area contributed by atoms with E-state index in [9.17, 15) is 0 Å². The lowest BCUT2D eigenvalue weighted by molar-refractivity contribution is 0.269. The fourth-order valence-electron chi connectivity index (χ4n) is 7.49. The molecule has 0 radical (unpaired) electrons. The Balaban J connectivity index is 1.16. The molecule has 48 heavy (non-hydrogen) atoms. The van der Waals surface area contributed by atoms with E-state index in [2.05, 4.69) is 132 Å². The average Bonchev–Trinajstić information content (AvgIpc) is 3.74. The normalized spacial score (nSPS) is 21.1. The van der Waals surface area contributed by atoms with Crippen molar-refractivity contribution in [1.29, 1.82) is 0 Å². The molecule has 0 saturated heterocycles. The second kappa shape index (κ2) is 10.8. The number of nitrogens with one attached hydrogen (secondary N) is 2. The first kappa shape index (κ1) is 27.2. The number of pyridine rings is 1. The summed E-state index contributed by atoms with van der Waals surface area (Å²) in [5, 5.41) is 12.0. The van der Waals surface area contributed by atoms with Gasteiger partial charge in [-0.2, -0.15) is 0 Å². The van der Waals surface area contributed by atoms with Gasteiger partial charge in [-0.3, -0.25) is 10.3 Å². The number of nitrogens with zero attached hydrogens (tertiary/aromatic N) is 2. The van der Waals surface area contributed by atoms with E-state index < -0.39 is 0 Å². The number of hydrogen-bond acceptors (Lipinski definition) is 6. The summed E-state index contributed by atoms with van der Waals surface area (Å²) in [4.78, 5) is 10.4. The predicted octanol–water partition coefficient (Wildman–Crippen LogP) is 9.11. The fraction of sp³-hybridized carbons (Fsp3) is 0.0952. The van der Waals surface area contributed by atoms with Crippen LogP contribution in [0, 0.1) is 0 Å². The number of fused-ring (bicyclic) bond motifs is 7. The molecule has 0 bridgehead atoms. The van der Waals surface area contributed by atoms with E-state index in [1.807, 2.05) is 24.4 Å². The molecule has 2 aromatic heterocycles. The number of hydrogen-bond donors (Lipinski definition) is 2. The van der Waals surface area contributed by atoms with E-state index in [-0.39, 0.29) is 24.4 Å². The Kier molecular flexibility index (Phi) is 6.11. The standard InChI is InChI=1S/C42H30N4O2/c1-2-12-26(13-3-1)40-44-41(31-17-10-20-35-36(31)29-15-6-8-18-33(29)47-35)46-42(45-40)32-24-43-38(28-22-21-25-11-4-5-14-27(25)23-28)39-37(32)30-16-7-9-19-34(30)48-39/h1-24,29,33,40-41,44H,(H,45,46). The van der Waals surface area contributed by atoms with E-state index >= 15 is 0 Å². The third-order valence-corrected chi connectivity index (χ3v) is 9.75. The van der Waals surface area contributed by atoms with Crippen LogP contribution in [0.5, 0.6) is 5.75 Å². The zero-order valence-electron chi connectivity index (χ0n) is 25.9. The van der Waals surface area contributed by atoms with Gasteiger partial charge in [-0.1, -0.05) is 115 Å². The van der Waals surface area contributed by atoms with Crippen molar-refractivity contribution in [2.45, 2.75) is 24.4 Å². The van der Waals surface area contributed by atoms with Crippen molar-refractivity contribution in [3.8, 4) is 17.0 Å². The molecule has 5 aromatic carbocycles. The lowest BCUT2D eigenvalue weighted by Gasteiger charge is -2.33. The van der Waals surface area contributed by atoms with E-state index in [1.165, 1.54) is 10.9 Å². The van der Waals surface area contributed by atoms with Gasteiger partial charge in [-0.25, -0.2) is 4.99 Å². The van der Waals surface area contributed by atoms with E-state index in [1.54, 1.807) is 0 Å². The Morgan fingerprint density at radius 3 is 2.50 bits per heavy atom. The number of ether oxygens (including phenoxy) is 1. The van der Waals surface area contributed by atoms with Gasteiger partial charge in [0.1, 0.15) is 41.3 Å². The van der Waals surface area contributed by atoms with Crippen LogP contribution < -0.4 is 15.4 Å². The lowest BCUT2D eigenvalue weighted by atomic mass is 9.87. The molecule has 0 saturated carbocycles. The molecule has 0 amide bonds. The molecule has 0 spiro atoms. The molecular formula is C42H30N4O2. The van der Waals surface area contributed by atoms with Gasteiger partial charge in [0.05, 0.1) is 0 Å². The third-order valence-electron chi connectivity index (χ3n) is 9.75. The molecule has 230 valence electrons. The van der Waals surface area contributed by atoms with Crippen molar-refractivity contribution in [1.82, 2.24) is 15.6 Å². The lowest BCUT2D eigenvalue weighted by Crippen LogP contribution is -2.45. The minimum absolute atomic E-state index is 0.00318. The molecule has 6 nitrogen and oxygen atoms in total. The van der Waals surface area contributed by atoms with E-state index in [0.29, 0.717) is 0 Å². The monoisotopic (exact) mass is 622 g/mol. The van der Waals surface area contributed by atoms with Gasteiger partial charge < -0.3 is 14.5 Å². The van der Waals surface area contributed by atoms with Gasteiger partial charge in [0.15, 0.2) is 5.58 Å². The number of allylic oxidation sites excluding steroid dienone is 2. The minimum Gasteiger partial charge on any atom is -0.485 e. The molecule has 4 heterocycles. The van der Waals surface area contributed by atoms with Gasteiger partial charge in [0.2, 0.25) is 0 Å². The molecule has 3 aliphatic rings. The largest absolute Gasteiger partial charge is 0.485 e. The van der Waals surface area contributed by atoms with Crippen LogP contribution in [0.15, 0.2) is 155 Å². The topological polar surface area (TPSA) is 71.7 Å². The molecule has 2 aliphatic heterocycles. The highest BCUT2D eigenvalue weighted by atomic mass is 16.5. The molecule has 4 atom stereocenters. The number of furan rings is 1. The van der Waals surface area contributed by atoms with Crippen molar-refractivity contribution < 1.29 is 9.15 Å². The average molecular weight is 623 g/mol. The second-order valence-electron chi connectivity index (χ2n) is 12.6. The summed E-state index contributed by atoms with van der Waals surface area (Å²) in [6.45, 7) is 0. The van der Waals surface area contributed by atoms with Crippen molar-refractivity contribution in [3.63, 3.8) is 0 Å². The maximum absolute atomic E-state index is 6.63. The van der Waals surface area contributed by atoms with Crippen molar-refractivity contribution >= 4 is 38.5 Å². The summed E-state index contributed by atoms with van der Waals surface area (Å²) < 4.78 is 13.0. The van der Waals surface area contributed by atoms with Gasteiger partial charge in [-0.15, -0.1) is 0 Å². The summed E-state index contributed by atoms with van der Waals surface area (Å²) >= 11 is 0. The molecule has 0 fully saturated rings. The fourth-order valence-corrected chi connectivity index (χ4v) is 7.49. The van der Waals surface area contributed by atoms with Crippen molar-refractivity contribution in [2.75, 3.05) is 0 Å². The zero-order chi connectivity index (χ0) is 31.6. The summed E-state index contributed by atoms with van der Waals surface area (Å²) in [6, 6.07) is 39.8. The Morgan fingerprint density at radius 2 is 1.56 bits per heavy atom. The van der Waals surface area contributed by atoms with Crippen LogP contribution >= 0.6 is 0 Å². The van der Waals surface area contributed by atoms with Crippen LogP contribution in [0.1, 0.15) is 40.5 Å². The van der Waals surface area contributed by atoms with Gasteiger partial charge >= 0.3 is 0 Å². The Morgan fingerprint density at radius 1 is 0.729 bits per heavy atom. The van der Waals surface area contributed by atoms with E-state index in [0.717, 1.165) is 66.9 Å². The van der Waals surface area contributed by atoms with Crippen LogP contribution in [-0.4, -0.2) is 16.9 Å². The number of rotatable bonds is 4. The van der Waals surface area contributed by atoms with Crippen molar-refractivity contribution in [2.24, 2.45) is 4.99 Å². The maximum Gasteiger partial charge on any atom is 0.162 e. The van der Waals surface area contributed by atoms with Crippen LogP contribution in [0.3, 0.4) is 0 Å². The summed E-state index contributed by atoms with van der Waals surface area (Å²) in [7, 11) is 0. The summed E-state index contributed by atoms with van der Waals surface area (Å²) in [5.41, 5.74) is 7.70. The summed E-state index contributed by atoms with van der Waals surface area (Å²) in [6.07, 6.45) is 9.97. The Labute approximate surface area is 277 Å². The molecule has 1 aliphatic carbocycles. The highest BCUT2D eigenvalue weighted by Gasteiger charge is 2.37. The molecule has 4 unspecified atom stereocenters. The smallest absolute Gasteiger partial charge is 0.162 e. The minimum atomic E-state index is -0.295.